The molecule has 0 saturated carbocycles. The van der Waals surface area contributed by atoms with Gasteiger partial charge in [-0.2, -0.15) is 5.10 Å². The van der Waals surface area contributed by atoms with E-state index >= 15 is 0 Å². The van der Waals surface area contributed by atoms with Gasteiger partial charge in [-0.05, 0) is 30.2 Å². The van der Waals surface area contributed by atoms with E-state index in [-0.39, 0.29) is 5.91 Å². The molecule has 2 heterocycles. The molecule has 2 aromatic heterocycles. The van der Waals surface area contributed by atoms with Gasteiger partial charge < -0.3 is 4.90 Å². The van der Waals surface area contributed by atoms with Gasteiger partial charge in [-0.15, -0.1) is 11.3 Å². The molecule has 0 spiro atoms. The van der Waals surface area contributed by atoms with Gasteiger partial charge in [0.15, 0.2) is 5.01 Å². The molecule has 0 aliphatic heterocycles. The van der Waals surface area contributed by atoms with Crippen LogP contribution >= 0.6 is 11.3 Å². The highest BCUT2D eigenvalue weighted by molar-refractivity contribution is 7.20. The van der Waals surface area contributed by atoms with E-state index in [9.17, 15) is 4.79 Å². The van der Waals surface area contributed by atoms with Gasteiger partial charge in [0.25, 0.3) is 5.91 Å². The Hall–Kier alpha value is -2.99. The minimum absolute atomic E-state index is 0.0255. The van der Waals surface area contributed by atoms with Gasteiger partial charge in [-0.3, -0.25) is 9.89 Å². The lowest BCUT2D eigenvalue weighted by atomic mass is 10.1. The lowest BCUT2D eigenvalue weighted by Gasteiger charge is -2.19. The number of carbonyl (C=O) groups is 1. The third-order valence-electron chi connectivity index (χ3n) is 4.29. The highest BCUT2D eigenvalue weighted by Gasteiger charge is 2.19. The number of hydrogen-bond acceptors (Lipinski definition) is 4. The molecule has 130 valence electrons. The number of rotatable bonds is 5. The van der Waals surface area contributed by atoms with Crippen molar-refractivity contribution in [1.82, 2.24) is 20.1 Å². The Kier molecular flexibility index (Phi) is 4.50. The van der Waals surface area contributed by atoms with Gasteiger partial charge in [-0.1, -0.05) is 36.4 Å². The summed E-state index contributed by atoms with van der Waals surface area (Å²) in [5, 5.41) is 7.34. The van der Waals surface area contributed by atoms with Crippen LogP contribution in [0.3, 0.4) is 0 Å². The number of fused-ring (bicyclic) bond motifs is 1. The van der Waals surface area contributed by atoms with E-state index < -0.39 is 0 Å². The molecule has 1 N–H and O–H groups in total. The maximum Gasteiger partial charge on any atom is 0.283 e. The van der Waals surface area contributed by atoms with E-state index in [1.807, 2.05) is 60.5 Å². The van der Waals surface area contributed by atoms with Crippen molar-refractivity contribution in [2.24, 2.45) is 0 Å². The summed E-state index contributed by atoms with van der Waals surface area (Å²) < 4.78 is 1.00. The van der Waals surface area contributed by atoms with Crippen LogP contribution in [-0.2, 0) is 6.54 Å². The van der Waals surface area contributed by atoms with E-state index in [1.165, 1.54) is 11.3 Å². The lowest BCUT2D eigenvalue weighted by molar-refractivity contribution is 0.0752. The standard InChI is InChI=1S/C20H18N4OS/c1-2-24(13-14-6-4-3-5-7-14)20(25)19-23-17-9-8-15(10-18(17)26-19)16-11-21-22-12-16/h3-12H,2,13H2,1H3,(H,21,22). The molecule has 0 atom stereocenters. The third kappa shape index (κ3) is 3.23. The van der Waals surface area contributed by atoms with E-state index in [4.69, 9.17) is 0 Å². The molecule has 0 bridgehead atoms. The van der Waals surface area contributed by atoms with Crippen LogP contribution in [0.2, 0.25) is 0 Å². The highest BCUT2D eigenvalue weighted by Crippen LogP contribution is 2.28. The normalized spacial score (nSPS) is 11.0. The molecule has 26 heavy (non-hydrogen) atoms. The molecule has 6 heteroatoms. The Morgan fingerprint density at radius 2 is 2.00 bits per heavy atom. The summed E-state index contributed by atoms with van der Waals surface area (Å²) in [6, 6.07) is 16.0. The number of nitrogens with zero attached hydrogens (tertiary/aromatic N) is 3. The Balaban J connectivity index is 1.61. The van der Waals surface area contributed by atoms with Crippen molar-refractivity contribution in [3.05, 3.63) is 71.5 Å². The minimum Gasteiger partial charge on any atom is -0.333 e. The van der Waals surface area contributed by atoms with Crippen molar-refractivity contribution in [2.75, 3.05) is 6.54 Å². The molecular weight excluding hydrogens is 344 g/mol. The monoisotopic (exact) mass is 362 g/mol. The van der Waals surface area contributed by atoms with Gasteiger partial charge in [0.2, 0.25) is 0 Å². The molecule has 0 aliphatic carbocycles. The van der Waals surface area contributed by atoms with Crippen LogP contribution in [0.4, 0.5) is 0 Å². The number of hydrogen-bond donors (Lipinski definition) is 1. The second-order valence-electron chi connectivity index (χ2n) is 5.99. The van der Waals surface area contributed by atoms with Crippen molar-refractivity contribution in [3.63, 3.8) is 0 Å². The zero-order chi connectivity index (χ0) is 17.9. The maximum atomic E-state index is 12.9. The predicted molar refractivity (Wildman–Crippen MR) is 104 cm³/mol. The number of H-pyrrole nitrogens is 1. The lowest BCUT2D eigenvalue weighted by Crippen LogP contribution is -2.30. The van der Waals surface area contributed by atoms with Crippen molar-refractivity contribution in [1.29, 1.82) is 0 Å². The summed E-state index contributed by atoms with van der Waals surface area (Å²) in [5.41, 5.74) is 4.05. The number of amides is 1. The Bertz CT molecular complexity index is 1020. The van der Waals surface area contributed by atoms with E-state index in [2.05, 4.69) is 21.2 Å². The largest absolute Gasteiger partial charge is 0.333 e. The van der Waals surface area contributed by atoms with Gasteiger partial charge >= 0.3 is 0 Å². The van der Waals surface area contributed by atoms with Crippen LogP contribution < -0.4 is 0 Å². The zero-order valence-corrected chi connectivity index (χ0v) is 15.2. The smallest absolute Gasteiger partial charge is 0.283 e. The fourth-order valence-electron chi connectivity index (χ4n) is 2.87. The van der Waals surface area contributed by atoms with Gasteiger partial charge in [0.1, 0.15) is 0 Å². The number of benzene rings is 2. The summed E-state index contributed by atoms with van der Waals surface area (Å²) in [4.78, 5) is 19.3. The van der Waals surface area contributed by atoms with Crippen LogP contribution in [0.5, 0.6) is 0 Å². The first-order chi connectivity index (χ1) is 12.7. The van der Waals surface area contributed by atoms with E-state index in [1.54, 1.807) is 6.20 Å². The first-order valence-electron chi connectivity index (χ1n) is 8.47. The minimum atomic E-state index is -0.0255. The van der Waals surface area contributed by atoms with Crippen molar-refractivity contribution in [2.45, 2.75) is 13.5 Å². The average molecular weight is 362 g/mol. The molecule has 2 aromatic carbocycles. The summed E-state index contributed by atoms with van der Waals surface area (Å²) in [7, 11) is 0. The molecule has 0 fully saturated rings. The summed E-state index contributed by atoms with van der Waals surface area (Å²) in [6.07, 6.45) is 3.64. The maximum absolute atomic E-state index is 12.9. The molecule has 4 rings (SSSR count). The second kappa shape index (κ2) is 7.09. The number of nitrogens with one attached hydrogen (secondary N) is 1. The second-order valence-corrected chi connectivity index (χ2v) is 7.02. The molecule has 4 aromatic rings. The highest BCUT2D eigenvalue weighted by atomic mass is 32.1. The van der Waals surface area contributed by atoms with Crippen LogP contribution in [0.1, 0.15) is 22.3 Å². The Morgan fingerprint density at radius 3 is 2.73 bits per heavy atom. The summed E-state index contributed by atoms with van der Waals surface area (Å²) >= 11 is 1.44. The number of aromatic nitrogens is 3. The van der Waals surface area contributed by atoms with Crippen molar-refractivity contribution < 1.29 is 4.79 Å². The van der Waals surface area contributed by atoms with Gasteiger partial charge in [0.05, 0.1) is 16.4 Å². The van der Waals surface area contributed by atoms with Gasteiger partial charge in [-0.25, -0.2) is 4.98 Å². The molecular formula is C20H18N4OS. The molecule has 5 nitrogen and oxygen atoms in total. The Morgan fingerprint density at radius 1 is 1.15 bits per heavy atom. The van der Waals surface area contributed by atoms with E-state index in [0.29, 0.717) is 18.1 Å². The van der Waals surface area contributed by atoms with Crippen LogP contribution in [0.25, 0.3) is 21.3 Å². The average Bonchev–Trinajstić information content (AvgIpc) is 3.35. The zero-order valence-electron chi connectivity index (χ0n) is 14.3. The SMILES string of the molecule is CCN(Cc1ccccc1)C(=O)c1nc2ccc(-c3cn[nH]c3)cc2s1. The fraction of sp³-hybridized carbons (Fsp3) is 0.150. The summed E-state index contributed by atoms with van der Waals surface area (Å²) in [5.74, 6) is -0.0255. The topological polar surface area (TPSA) is 61.9 Å². The van der Waals surface area contributed by atoms with Crippen molar-refractivity contribution in [3.8, 4) is 11.1 Å². The van der Waals surface area contributed by atoms with Crippen LogP contribution in [0, 0.1) is 0 Å². The number of aromatic amines is 1. The molecule has 0 saturated heterocycles. The number of carbonyl (C=O) groups excluding carboxylic acids is 1. The first-order valence-corrected chi connectivity index (χ1v) is 9.29. The molecule has 1 amide bonds. The third-order valence-corrected chi connectivity index (χ3v) is 5.29. The Labute approximate surface area is 155 Å². The molecule has 0 aliphatic rings. The summed E-state index contributed by atoms with van der Waals surface area (Å²) in [6.45, 7) is 3.22. The van der Waals surface area contributed by atoms with Gasteiger partial charge in [0, 0.05) is 24.8 Å². The fourth-order valence-corrected chi connectivity index (χ4v) is 3.84. The van der Waals surface area contributed by atoms with E-state index in [0.717, 1.165) is 26.9 Å². The first kappa shape index (κ1) is 16.5. The van der Waals surface area contributed by atoms with Crippen LogP contribution in [0.15, 0.2) is 60.9 Å². The number of thiazole rings is 1. The molecule has 0 unspecified atom stereocenters. The predicted octanol–water partition coefficient (Wildman–Crippen LogP) is 4.35. The van der Waals surface area contributed by atoms with Crippen molar-refractivity contribution >= 4 is 27.5 Å². The van der Waals surface area contributed by atoms with Crippen LogP contribution in [-0.4, -0.2) is 32.5 Å². The molecule has 0 radical (unpaired) electrons. The quantitative estimate of drug-likeness (QED) is 0.574.